The average molecular weight is 393 g/mol. The molecule has 126 valence electrons. The standard InChI is InChI=1S/C18H18BrFN2O2/c1-10-6-11(2)17(12(3)7-10)22-16(23)9-21-18(24)14-8-13(20)4-5-15(14)19/h4-8H,9H2,1-3H3,(H,21,24)(H,22,23). The van der Waals surface area contributed by atoms with Crippen molar-refractivity contribution in [1.29, 1.82) is 0 Å². The molecular weight excluding hydrogens is 375 g/mol. The van der Waals surface area contributed by atoms with Gasteiger partial charge in [0.15, 0.2) is 0 Å². The first kappa shape index (κ1) is 18.1. The molecule has 0 atom stereocenters. The van der Waals surface area contributed by atoms with E-state index in [2.05, 4.69) is 26.6 Å². The summed E-state index contributed by atoms with van der Waals surface area (Å²) >= 11 is 3.19. The van der Waals surface area contributed by atoms with Gasteiger partial charge in [-0.25, -0.2) is 4.39 Å². The number of nitrogens with one attached hydrogen (secondary N) is 2. The number of anilines is 1. The number of amides is 2. The van der Waals surface area contributed by atoms with Gasteiger partial charge in [-0.2, -0.15) is 0 Å². The first-order chi connectivity index (χ1) is 11.3. The van der Waals surface area contributed by atoms with E-state index in [0.717, 1.165) is 28.4 Å². The number of hydrogen-bond acceptors (Lipinski definition) is 2. The van der Waals surface area contributed by atoms with Crippen molar-refractivity contribution in [1.82, 2.24) is 5.32 Å². The van der Waals surface area contributed by atoms with E-state index in [9.17, 15) is 14.0 Å². The quantitative estimate of drug-likeness (QED) is 0.829. The number of rotatable bonds is 4. The van der Waals surface area contributed by atoms with E-state index < -0.39 is 11.7 Å². The predicted octanol–water partition coefficient (Wildman–Crippen LogP) is 3.88. The van der Waals surface area contributed by atoms with Crippen molar-refractivity contribution in [3.8, 4) is 0 Å². The SMILES string of the molecule is Cc1cc(C)c(NC(=O)CNC(=O)c2cc(F)ccc2Br)c(C)c1. The van der Waals surface area contributed by atoms with E-state index in [0.29, 0.717) is 4.47 Å². The molecule has 0 spiro atoms. The maximum Gasteiger partial charge on any atom is 0.252 e. The lowest BCUT2D eigenvalue weighted by atomic mass is 10.1. The number of hydrogen-bond donors (Lipinski definition) is 2. The van der Waals surface area contributed by atoms with Crippen LogP contribution in [0.5, 0.6) is 0 Å². The van der Waals surface area contributed by atoms with Crippen LogP contribution in [0.3, 0.4) is 0 Å². The lowest BCUT2D eigenvalue weighted by molar-refractivity contribution is -0.115. The number of carbonyl (C=O) groups is 2. The van der Waals surface area contributed by atoms with Crippen LogP contribution in [0.1, 0.15) is 27.0 Å². The maximum absolute atomic E-state index is 13.2. The molecule has 0 fully saturated rings. The van der Waals surface area contributed by atoms with Gasteiger partial charge in [0, 0.05) is 10.2 Å². The summed E-state index contributed by atoms with van der Waals surface area (Å²) in [5, 5.41) is 5.29. The molecule has 2 aromatic rings. The Labute approximate surface area is 148 Å². The number of carbonyl (C=O) groups excluding carboxylic acids is 2. The summed E-state index contributed by atoms with van der Waals surface area (Å²) in [5.41, 5.74) is 3.92. The highest BCUT2D eigenvalue weighted by atomic mass is 79.9. The summed E-state index contributed by atoms with van der Waals surface area (Å²) in [6, 6.07) is 7.77. The van der Waals surface area contributed by atoms with Crippen LogP contribution in [0.2, 0.25) is 0 Å². The largest absolute Gasteiger partial charge is 0.343 e. The highest BCUT2D eigenvalue weighted by molar-refractivity contribution is 9.10. The van der Waals surface area contributed by atoms with Gasteiger partial charge in [0.1, 0.15) is 5.82 Å². The number of aryl methyl sites for hydroxylation is 3. The molecule has 2 amide bonds. The van der Waals surface area contributed by atoms with E-state index in [1.165, 1.54) is 12.1 Å². The van der Waals surface area contributed by atoms with Crippen LogP contribution in [0.25, 0.3) is 0 Å². The fourth-order valence-corrected chi connectivity index (χ4v) is 2.91. The van der Waals surface area contributed by atoms with Crippen molar-refractivity contribution in [2.75, 3.05) is 11.9 Å². The second-order valence-electron chi connectivity index (χ2n) is 5.63. The molecule has 0 aliphatic rings. The molecular formula is C18H18BrFN2O2. The van der Waals surface area contributed by atoms with E-state index in [1.54, 1.807) is 0 Å². The Kier molecular flexibility index (Phi) is 5.72. The fraction of sp³-hybridized carbons (Fsp3) is 0.222. The lowest BCUT2D eigenvalue weighted by Gasteiger charge is -2.13. The van der Waals surface area contributed by atoms with Crippen LogP contribution in [0, 0.1) is 26.6 Å². The highest BCUT2D eigenvalue weighted by Gasteiger charge is 2.13. The molecule has 0 bridgehead atoms. The van der Waals surface area contributed by atoms with Gasteiger partial charge in [0.2, 0.25) is 5.91 Å². The summed E-state index contributed by atoms with van der Waals surface area (Å²) in [6.45, 7) is 5.62. The summed E-state index contributed by atoms with van der Waals surface area (Å²) < 4.78 is 13.7. The maximum atomic E-state index is 13.2. The lowest BCUT2D eigenvalue weighted by Crippen LogP contribution is -2.33. The van der Waals surface area contributed by atoms with Crippen LogP contribution in [-0.2, 0) is 4.79 Å². The molecule has 4 nitrogen and oxygen atoms in total. The molecule has 2 aromatic carbocycles. The Morgan fingerprint density at radius 2 is 1.71 bits per heavy atom. The Morgan fingerprint density at radius 1 is 1.08 bits per heavy atom. The second kappa shape index (κ2) is 7.57. The van der Waals surface area contributed by atoms with Gasteiger partial charge in [0.25, 0.3) is 5.91 Å². The van der Waals surface area contributed by atoms with E-state index in [-0.39, 0.29) is 18.0 Å². The molecule has 0 heterocycles. The average Bonchev–Trinajstić information content (AvgIpc) is 2.50. The van der Waals surface area contributed by atoms with E-state index in [1.807, 2.05) is 32.9 Å². The molecule has 2 rings (SSSR count). The van der Waals surface area contributed by atoms with E-state index >= 15 is 0 Å². The van der Waals surface area contributed by atoms with E-state index in [4.69, 9.17) is 0 Å². The summed E-state index contributed by atoms with van der Waals surface area (Å²) in [7, 11) is 0. The molecule has 6 heteroatoms. The zero-order valence-corrected chi connectivity index (χ0v) is 15.3. The number of benzene rings is 2. The van der Waals surface area contributed by atoms with Gasteiger partial charge in [-0.05, 0) is 66.0 Å². The molecule has 2 N–H and O–H groups in total. The Hall–Kier alpha value is -2.21. The van der Waals surface area contributed by atoms with Gasteiger partial charge >= 0.3 is 0 Å². The summed E-state index contributed by atoms with van der Waals surface area (Å²) in [6.07, 6.45) is 0. The summed E-state index contributed by atoms with van der Waals surface area (Å²) in [4.78, 5) is 24.1. The van der Waals surface area contributed by atoms with Gasteiger partial charge in [-0.1, -0.05) is 17.7 Å². The topological polar surface area (TPSA) is 58.2 Å². The minimum absolute atomic E-state index is 0.144. The molecule has 0 aliphatic heterocycles. The smallest absolute Gasteiger partial charge is 0.252 e. The van der Waals surface area contributed by atoms with Crippen molar-refractivity contribution in [2.24, 2.45) is 0 Å². The first-order valence-corrected chi connectivity index (χ1v) is 8.18. The third-order valence-corrected chi connectivity index (χ3v) is 4.22. The minimum atomic E-state index is -0.520. The van der Waals surface area contributed by atoms with Crippen molar-refractivity contribution in [2.45, 2.75) is 20.8 Å². The van der Waals surface area contributed by atoms with Gasteiger partial charge < -0.3 is 10.6 Å². The predicted molar refractivity (Wildman–Crippen MR) is 95.7 cm³/mol. The molecule has 0 radical (unpaired) electrons. The van der Waals surface area contributed by atoms with Crippen molar-refractivity contribution < 1.29 is 14.0 Å². The zero-order valence-electron chi connectivity index (χ0n) is 13.7. The third-order valence-electron chi connectivity index (χ3n) is 3.52. The van der Waals surface area contributed by atoms with Crippen LogP contribution < -0.4 is 10.6 Å². The second-order valence-corrected chi connectivity index (χ2v) is 6.48. The monoisotopic (exact) mass is 392 g/mol. The van der Waals surface area contributed by atoms with Crippen LogP contribution in [0.15, 0.2) is 34.8 Å². The normalized spacial score (nSPS) is 10.4. The van der Waals surface area contributed by atoms with Gasteiger partial charge in [-0.15, -0.1) is 0 Å². The zero-order chi connectivity index (χ0) is 17.9. The molecule has 0 aliphatic carbocycles. The van der Waals surface area contributed by atoms with Gasteiger partial charge in [0.05, 0.1) is 12.1 Å². The molecule has 0 aromatic heterocycles. The summed E-state index contributed by atoms with van der Waals surface area (Å²) in [5.74, 6) is -1.38. The van der Waals surface area contributed by atoms with Gasteiger partial charge in [-0.3, -0.25) is 9.59 Å². The van der Waals surface area contributed by atoms with Crippen molar-refractivity contribution in [3.05, 3.63) is 62.9 Å². The molecule has 24 heavy (non-hydrogen) atoms. The molecule has 0 saturated carbocycles. The van der Waals surface area contributed by atoms with Crippen molar-refractivity contribution in [3.63, 3.8) is 0 Å². The first-order valence-electron chi connectivity index (χ1n) is 7.39. The Morgan fingerprint density at radius 3 is 2.33 bits per heavy atom. The minimum Gasteiger partial charge on any atom is -0.343 e. The van der Waals surface area contributed by atoms with Crippen LogP contribution >= 0.6 is 15.9 Å². The van der Waals surface area contributed by atoms with Crippen LogP contribution in [-0.4, -0.2) is 18.4 Å². The van der Waals surface area contributed by atoms with Crippen LogP contribution in [0.4, 0.5) is 10.1 Å². The highest BCUT2D eigenvalue weighted by Crippen LogP contribution is 2.22. The van der Waals surface area contributed by atoms with Crippen molar-refractivity contribution >= 4 is 33.4 Å². The molecule has 0 saturated heterocycles. The Bertz CT molecular complexity index is 783. The number of halogens is 2. The Balaban J connectivity index is 2.01. The third kappa shape index (κ3) is 4.41. The fourth-order valence-electron chi connectivity index (χ4n) is 2.49. The molecule has 0 unspecified atom stereocenters.